The van der Waals surface area contributed by atoms with Crippen molar-refractivity contribution in [2.45, 2.75) is 200 Å². The number of imidazole rings is 1. The van der Waals surface area contributed by atoms with Crippen molar-refractivity contribution in [1.29, 1.82) is 0 Å². The van der Waals surface area contributed by atoms with Gasteiger partial charge in [0.05, 0.1) is 25.1 Å². The van der Waals surface area contributed by atoms with E-state index in [-0.39, 0.29) is 87.5 Å². The number of amides is 9. The summed E-state index contributed by atoms with van der Waals surface area (Å²) in [7, 11) is 0. The Morgan fingerprint density at radius 1 is 0.530 bits per heavy atom. The van der Waals surface area contributed by atoms with Crippen molar-refractivity contribution in [3.63, 3.8) is 0 Å². The van der Waals surface area contributed by atoms with E-state index in [1.165, 1.54) is 12.5 Å². The van der Waals surface area contributed by atoms with E-state index in [9.17, 15) is 68.1 Å². The minimum Gasteiger partial charge on any atom is -0.481 e. The number of aliphatic carboxylic acids is 2. The third-order valence-corrected chi connectivity index (χ3v) is 12.7. The number of carbonyl (C=O) groups is 11. The van der Waals surface area contributed by atoms with Gasteiger partial charge >= 0.3 is 11.9 Å². The first-order valence-electron chi connectivity index (χ1n) is 27.9. The molecular formula is C53H93N15O15. The molecule has 0 aliphatic heterocycles. The number of nitrogens with zero attached hydrogens (tertiary/aromatic N) is 2. The zero-order chi connectivity index (χ0) is 63.4. The lowest BCUT2D eigenvalue weighted by atomic mass is 9.97. The molecule has 0 saturated carbocycles. The van der Waals surface area contributed by atoms with Crippen LogP contribution in [-0.4, -0.2) is 181 Å². The first-order valence-corrected chi connectivity index (χ1v) is 27.9. The van der Waals surface area contributed by atoms with Crippen LogP contribution in [0.25, 0.3) is 0 Å². The topological polar surface area (TPSA) is 496 Å². The summed E-state index contributed by atoms with van der Waals surface area (Å²) < 4.78 is 0. The van der Waals surface area contributed by atoms with Crippen LogP contribution in [0.5, 0.6) is 0 Å². The van der Waals surface area contributed by atoms with Crippen LogP contribution in [-0.2, 0) is 59.2 Å². The SMILES string of the molecule is CC(C)CC(NC(=O)C(CCCN=C(N)N)NC(=O)C(CC(C)C)NC(=O)C(NC(=O)C(CC(C)C)NC(=O)C(Cc1cnc[nH]1)NC(=O)C(CC(C)C)NC(=O)C(NC(=O)C(CO)NC(=O)C(N)CCC(=O)O)C(C)O)C(C)C)C(=O)O. The van der Waals surface area contributed by atoms with Gasteiger partial charge < -0.3 is 90.5 Å². The number of carbonyl (C=O) groups excluding carboxylic acids is 9. The first kappa shape index (κ1) is 73.5. The average Bonchev–Trinajstić information content (AvgIpc) is 4.08. The van der Waals surface area contributed by atoms with Gasteiger partial charge in [0, 0.05) is 31.3 Å². The number of aliphatic hydroxyl groups excluding tert-OH is 2. The summed E-state index contributed by atoms with van der Waals surface area (Å²) in [6.07, 6.45) is 0.481. The predicted octanol–water partition coefficient (Wildman–Crippen LogP) is -3.14. The quantitative estimate of drug-likeness (QED) is 0.0176. The van der Waals surface area contributed by atoms with Gasteiger partial charge in [-0.1, -0.05) is 69.2 Å². The molecule has 1 heterocycles. The van der Waals surface area contributed by atoms with Crippen LogP contribution >= 0.6 is 0 Å². The number of aliphatic hydroxyl groups is 2. The number of nitrogens with one attached hydrogen (secondary N) is 10. The molecule has 0 aliphatic rings. The van der Waals surface area contributed by atoms with E-state index in [2.05, 4.69) is 62.8 Å². The molecule has 0 bridgehead atoms. The predicted molar refractivity (Wildman–Crippen MR) is 303 cm³/mol. The average molecular weight is 1180 g/mol. The second-order valence-corrected chi connectivity index (χ2v) is 22.7. The summed E-state index contributed by atoms with van der Waals surface area (Å²) in [6, 6.07) is -14.1. The fraction of sp³-hybridized carbons (Fsp3) is 0.717. The van der Waals surface area contributed by atoms with Gasteiger partial charge in [-0.25, -0.2) is 9.78 Å². The molecule has 1 aromatic rings. The molecule has 11 atom stereocenters. The number of hydrogen-bond donors (Lipinski definition) is 17. The van der Waals surface area contributed by atoms with E-state index in [1.54, 1.807) is 69.2 Å². The molecule has 0 fully saturated rings. The molecule has 0 spiro atoms. The van der Waals surface area contributed by atoms with Gasteiger partial charge in [0.15, 0.2) is 5.96 Å². The molecule has 0 saturated heterocycles. The maximum atomic E-state index is 14.4. The maximum Gasteiger partial charge on any atom is 0.326 e. The van der Waals surface area contributed by atoms with E-state index >= 15 is 0 Å². The summed E-state index contributed by atoms with van der Waals surface area (Å²) in [5.41, 5.74) is 17.0. The molecule has 1 aromatic heterocycles. The lowest BCUT2D eigenvalue weighted by molar-refractivity contribution is -0.143. The standard InChI is InChI=1S/C53H93N15O15/c1-25(2)17-34(45(75)60-33(13-12-16-58-53(55)56)44(74)65-38(52(82)83)20-28(7)8)63-50(80)41(29(9)10)67-48(78)36(19-27(5)6)61-47(77)37(21-31-22-57-24-59-31)62-46(76)35(18-26(3)4)64-51(81)42(30(11)70)68-49(79)39(23-69)66-43(73)32(54)14-15-40(71)72/h22,24-30,32-39,41-42,69-70H,12-21,23,54H2,1-11H3,(H,57,59)(H,60,75)(H,61,77)(H,62,76)(H,63,80)(H,64,81)(H,65,74)(H,66,73)(H,67,78)(H,68,79)(H,71,72)(H,82,83)(H4,55,56,58). The van der Waals surface area contributed by atoms with E-state index in [0.717, 1.165) is 6.92 Å². The van der Waals surface area contributed by atoms with Gasteiger partial charge in [0.2, 0.25) is 53.2 Å². The minimum absolute atomic E-state index is 0.0125. The Morgan fingerprint density at radius 2 is 0.928 bits per heavy atom. The molecule has 11 unspecified atom stereocenters. The number of hydrogen-bond acceptors (Lipinski definition) is 16. The van der Waals surface area contributed by atoms with Crippen molar-refractivity contribution in [3.8, 4) is 0 Å². The molecular weight excluding hydrogens is 1090 g/mol. The monoisotopic (exact) mass is 1180 g/mol. The number of aromatic nitrogens is 2. The van der Waals surface area contributed by atoms with Crippen molar-refractivity contribution in [1.82, 2.24) is 57.8 Å². The molecule has 20 N–H and O–H groups in total. The van der Waals surface area contributed by atoms with Crippen LogP contribution < -0.4 is 65.1 Å². The van der Waals surface area contributed by atoms with Gasteiger partial charge in [0.1, 0.15) is 54.4 Å². The zero-order valence-electron chi connectivity index (χ0n) is 49.6. The van der Waals surface area contributed by atoms with Crippen molar-refractivity contribution in [2.75, 3.05) is 13.2 Å². The van der Waals surface area contributed by atoms with Crippen molar-refractivity contribution >= 4 is 71.1 Å². The fourth-order valence-corrected chi connectivity index (χ4v) is 8.34. The third kappa shape index (κ3) is 28.4. The van der Waals surface area contributed by atoms with Gasteiger partial charge in [-0.15, -0.1) is 0 Å². The summed E-state index contributed by atoms with van der Waals surface area (Å²) in [5.74, 6) is -12.2. The van der Waals surface area contributed by atoms with E-state index < -0.39 is 151 Å². The Hall–Kier alpha value is -7.47. The smallest absolute Gasteiger partial charge is 0.326 e. The Morgan fingerprint density at radius 3 is 1.36 bits per heavy atom. The number of guanidine groups is 1. The number of nitrogens with two attached hydrogens (primary N) is 3. The van der Waals surface area contributed by atoms with Gasteiger partial charge in [0.25, 0.3) is 0 Å². The van der Waals surface area contributed by atoms with Gasteiger partial charge in [-0.2, -0.15) is 0 Å². The molecule has 0 radical (unpaired) electrons. The largest absolute Gasteiger partial charge is 0.481 e. The number of aromatic amines is 1. The number of carboxylic acids is 2. The molecule has 83 heavy (non-hydrogen) atoms. The van der Waals surface area contributed by atoms with Crippen LogP contribution in [0.3, 0.4) is 0 Å². The van der Waals surface area contributed by atoms with Crippen LogP contribution in [0.1, 0.15) is 133 Å². The van der Waals surface area contributed by atoms with Gasteiger partial charge in [-0.3, -0.25) is 52.9 Å². The Labute approximate surface area is 484 Å². The lowest BCUT2D eigenvalue weighted by Gasteiger charge is -2.30. The second-order valence-electron chi connectivity index (χ2n) is 22.7. The molecule has 30 nitrogen and oxygen atoms in total. The molecule has 30 heteroatoms. The Balaban J connectivity index is 3.52. The highest BCUT2D eigenvalue weighted by Crippen LogP contribution is 2.14. The highest BCUT2D eigenvalue weighted by molar-refractivity contribution is 5.99. The lowest BCUT2D eigenvalue weighted by Crippen LogP contribution is -2.62. The number of H-pyrrole nitrogens is 1. The first-order chi connectivity index (χ1) is 38.7. The Bertz CT molecular complexity index is 2330. The Kier molecular flexibility index (Phi) is 32.7. The van der Waals surface area contributed by atoms with Crippen molar-refractivity contribution < 1.29 is 73.2 Å². The number of carboxylic acid groups (broad SMARTS) is 2. The summed E-state index contributed by atoms with van der Waals surface area (Å²) in [5, 5.41) is 62.2. The summed E-state index contributed by atoms with van der Waals surface area (Å²) >= 11 is 0. The fourth-order valence-electron chi connectivity index (χ4n) is 8.34. The number of rotatable bonds is 39. The molecule has 9 amide bonds. The van der Waals surface area contributed by atoms with E-state index in [4.69, 9.17) is 22.3 Å². The minimum atomic E-state index is -1.77. The zero-order valence-corrected chi connectivity index (χ0v) is 49.6. The summed E-state index contributed by atoms with van der Waals surface area (Å²) in [6.45, 7) is 17.7. The highest BCUT2D eigenvalue weighted by atomic mass is 16.4. The molecule has 0 aromatic carbocycles. The normalized spacial score (nSPS) is 15.4. The van der Waals surface area contributed by atoms with E-state index in [1.807, 2.05) is 0 Å². The third-order valence-electron chi connectivity index (χ3n) is 12.7. The van der Waals surface area contributed by atoms with Gasteiger partial charge in [-0.05, 0) is 81.5 Å². The molecule has 470 valence electrons. The molecule has 0 aliphatic carbocycles. The number of aliphatic imine (C=N–C) groups is 1. The van der Waals surface area contributed by atoms with Crippen molar-refractivity contribution in [3.05, 3.63) is 18.2 Å². The van der Waals surface area contributed by atoms with Crippen LogP contribution in [0.2, 0.25) is 0 Å². The highest BCUT2D eigenvalue weighted by Gasteiger charge is 2.38. The second kappa shape index (κ2) is 36.9. The van der Waals surface area contributed by atoms with Crippen LogP contribution in [0.15, 0.2) is 17.5 Å². The van der Waals surface area contributed by atoms with Crippen molar-refractivity contribution in [2.24, 2.45) is 51.8 Å². The van der Waals surface area contributed by atoms with Crippen LogP contribution in [0.4, 0.5) is 0 Å². The summed E-state index contributed by atoms with van der Waals surface area (Å²) in [4.78, 5) is 158. The van der Waals surface area contributed by atoms with E-state index in [0.29, 0.717) is 5.69 Å². The maximum absolute atomic E-state index is 14.4. The molecule has 1 rings (SSSR count). The van der Waals surface area contributed by atoms with Crippen LogP contribution in [0, 0.1) is 29.6 Å².